The molecule has 0 saturated heterocycles. The van der Waals surface area contributed by atoms with Gasteiger partial charge in [-0.2, -0.15) is 0 Å². The van der Waals surface area contributed by atoms with Gasteiger partial charge in [-0.3, -0.25) is 4.79 Å². The summed E-state index contributed by atoms with van der Waals surface area (Å²) in [5, 5.41) is 2.75. The number of ether oxygens (including phenoxy) is 1. The third-order valence-electron chi connectivity index (χ3n) is 3.62. The van der Waals surface area contributed by atoms with E-state index in [0.717, 1.165) is 10.7 Å². The minimum atomic E-state index is -3.47. The van der Waals surface area contributed by atoms with Crippen LogP contribution in [0.4, 0.5) is 5.69 Å². The average Bonchev–Trinajstić information content (AvgIpc) is 2.61. The zero-order valence-electron chi connectivity index (χ0n) is 14.5. The molecule has 0 aromatic heterocycles. The lowest BCUT2D eigenvalue weighted by Crippen LogP contribution is -2.22. The summed E-state index contributed by atoms with van der Waals surface area (Å²) in [5.41, 5.74) is 1.90. The van der Waals surface area contributed by atoms with Crippen LogP contribution in [0, 0.1) is 0 Å². The maximum atomic E-state index is 12.0. The number of sulfonamides is 1. The normalized spacial score (nSPS) is 11.4. The van der Waals surface area contributed by atoms with Gasteiger partial charge in [0.2, 0.25) is 10.0 Å². The van der Waals surface area contributed by atoms with Crippen molar-refractivity contribution in [3.63, 3.8) is 0 Å². The number of benzene rings is 2. The molecule has 0 saturated carbocycles. The summed E-state index contributed by atoms with van der Waals surface area (Å²) in [6.07, 6.45) is 0.941. The number of hydrogen-bond acceptors (Lipinski definition) is 4. The minimum Gasteiger partial charge on any atom is -0.484 e. The second kappa shape index (κ2) is 8.13. The molecule has 1 N–H and O–H groups in total. The Morgan fingerprint density at radius 3 is 2.16 bits per heavy atom. The van der Waals surface area contributed by atoms with Crippen molar-refractivity contribution in [3.8, 4) is 5.75 Å². The first-order valence-corrected chi connectivity index (χ1v) is 9.31. The Morgan fingerprint density at radius 1 is 1.04 bits per heavy atom. The van der Waals surface area contributed by atoms with Gasteiger partial charge in [0.1, 0.15) is 5.75 Å². The lowest BCUT2D eigenvalue weighted by molar-refractivity contribution is -0.118. The van der Waals surface area contributed by atoms with E-state index in [9.17, 15) is 13.2 Å². The molecule has 0 atom stereocenters. The molecule has 0 fully saturated rings. The number of anilines is 1. The molecule has 0 spiro atoms. The third-order valence-corrected chi connectivity index (χ3v) is 5.45. The molecule has 0 unspecified atom stereocenters. The quantitative estimate of drug-likeness (QED) is 0.821. The molecule has 6 nitrogen and oxygen atoms in total. The number of carbonyl (C=O) groups excluding carboxylic acids is 1. The van der Waals surface area contributed by atoms with E-state index in [2.05, 4.69) is 12.2 Å². The van der Waals surface area contributed by atoms with Crippen LogP contribution in [-0.2, 0) is 21.2 Å². The van der Waals surface area contributed by atoms with Crippen molar-refractivity contribution in [2.45, 2.75) is 18.2 Å². The van der Waals surface area contributed by atoms with Crippen LogP contribution in [-0.4, -0.2) is 39.3 Å². The molecule has 2 rings (SSSR count). The summed E-state index contributed by atoms with van der Waals surface area (Å²) in [6, 6.07) is 13.6. The molecule has 25 heavy (non-hydrogen) atoms. The monoisotopic (exact) mass is 362 g/mol. The Bertz CT molecular complexity index is 813. The zero-order valence-corrected chi connectivity index (χ0v) is 15.3. The molecule has 0 bridgehead atoms. The van der Waals surface area contributed by atoms with Gasteiger partial charge in [-0.05, 0) is 48.4 Å². The van der Waals surface area contributed by atoms with Crippen LogP contribution >= 0.6 is 0 Å². The highest BCUT2D eigenvalue weighted by Gasteiger charge is 2.16. The van der Waals surface area contributed by atoms with E-state index < -0.39 is 10.0 Å². The summed E-state index contributed by atoms with van der Waals surface area (Å²) in [4.78, 5) is 12.1. The van der Waals surface area contributed by atoms with Gasteiger partial charge >= 0.3 is 0 Å². The predicted molar refractivity (Wildman–Crippen MR) is 97.3 cm³/mol. The first kappa shape index (κ1) is 19.0. The van der Waals surface area contributed by atoms with Crippen LogP contribution in [0.2, 0.25) is 0 Å². The van der Waals surface area contributed by atoms with Gasteiger partial charge in [0.05, 0.1) is 4.90 Å². The zero-order chi connectivity index (χ0) is 18.4. The third kappa shape index (κ3) is 5.04. The lowest BCUT2D eigenvalue weighted by atomic mass is 10.1. The molecular weight excluding hydrogens is 340 g/mol. The van der Waals surface area contributed by atoms with E-state index in [1.807, 2.05) is 24.3 Å². The number of rotatable bonds is 7. The second-order valence-corrected chi connectivity index (χ2v) is 7.80. The number of hydrogen-bond donors (Lipinski definition) is 1. The van der Waals surface area contributed by atoms with Crippen molar-refractivity contribution in [2.75, 3.05) is 26.0 Å². The molecule has 0 aliphatic carbocycles. The van der Waals surface area contributed by atoms with Crippen LogP contribution in [0.1, 0.15) is 12.5 Å². The van der Waals surface area contributed by atoms with Crippen LogP contribution < -0.4 is 10.1 Å². The molecule has 134 valence electrons. The van der Waals surface area contributed by atoms with Gasteiger partial charge in [-0.25, -0.2) is 12.7 Å². The Balaban J connectivity index is 1.91. The minimum absolute atomic E-state index is 0.157. The summed E-state index contributed by atoms with van der Waals surface area (Å²) in [6.45, 7) is 1.91. The molecule has 2 aromatic carbocycles. The Labute approximate surface area is 148 Å². The highest BCUT2D eigenvalue weighted by Crippen LogP contribution is 2.18. The second-order valence-electron chi connectivity index (χ2n) is 5.65. The molecule has 7 heteroatoms. The number of nitrogens with zero attached hydrogens (tertiary/aromatic N) is 1. The van der Waals surface area contributed by atoms with Crippen LogP contribution in [0.25, 0.3) is 0 Å². The summed E-state index contributed by atoms with van der Waals surface area (Å²) < 4.78 is 30.5. The van der Waals surface area contributed by atoms with Crippen LogP contribution in [0.5, 0.6) is 5.75 Å². The molecular formula is C18H22N2O4S. The van der Waals surface area contributed by atoms with E-state index in [4.69, 9.17) is 4.74 Å². The summed E-state index contributed by atoms with van der Waals surface area (Å²) >= 11 is 0. The fraction of sp³-hybridized carbons (Fsp3) is 0.278. The van der Waals surface area contributed by atoms with Gasteiger partial charge in [-0.1, -0.05) is 19.1 Å². The number of nitrogens with one attached hydrogen (secondary N) is 1. The Morgan fingerprint density at radius 2 is 1.64 bits per heavy atom. The van der Waals surface area contributed by atoms with E-state index >= 15 is 0 Å². The predicted octanol–water partition coefficient (Wildman–Crippen LogP) is 2.52. The number of carbonyl (C=O) groups is 1. The van der Waals surface area contributed by atoms with E-state index in [-0.39, 0.29) is 17.4 Å². The number of amides is 1. The fourth-order valence-corrected chi connectivity index (χ4v) is 2.99. The molecule has 0 aliphatic rings. The molecule has 0 radical (unpaired) electrons. The van der Waals surface area contributed by atoms with E-state index in [1.165, 1.54) is 43.9 Å². The first-order valence-electron chi connectivity index (χ1n) is 7.87. The maximum absolute atomic E-state index is 12.0. The van der Waals surface area contributed by atoms with E-state index in [0.29, 0.717) is 11.4 Å². The van der Waals surface area contributed by atoms with Gasteiger partial charge in [0.15, 0.2) is 6.61 Å². The van der Waals surface area contributed by atoms with Gasteiger partial charge in [0.25, 0.3) is 5.91 Å². The van der Waals surface area contributed by atoms with Crippen molar-refractivity contribution in [1.82, 2.24) is 4.31 Å². The topological polar surface area (TPSA) is 75.7 Å². The SMILES string of the molecule is CCc1ccc(NC(=O)COc2ccc(S(=O)(=O)N(C)C)cc2)cc1. The van der Waals surface area contributed by atoms with E-state index in [1.54, 1.807) is 0 Å². The highest BCUT2D eigenvalue weighted by atomic mass is 32.2. The largest absolute Gasteiger partial charge is 0.484 e. The van der Waals surface area contributed by atoms with Crippen molar-refractivity contribution in [3.05, 3.63) is 54.1 Å². The fourth-order valence-electron chi connectivity index (χ4n) is 2.09. The maximum Gasteiger partial charge on any atom is 0.262 e. The summed E-state index contributed by atoms with van der Waals surface area (Å²) in [7, 11) is -0.534. The smallest absolute Gasteiger partial charge is 0.262 e. The standard InChI is InChI=1S/C18H22N2O4S/c1-4-14-5-7-15(8-6-14)19-18(21)13-24-16-9-11-17(12-10-16)25(22,23)20(2)3/h5-12H,4,13H2,1-3H3,(H,19,21). The average molecular weight is 362 g/mol. The van der Waals surface area contributed by atoms with Crippen LogP contribution in [0.3, 0.4) is 0 Å². The van der Waals surface area contributed by atoms with Gasteiger partial charge < -0.3 is 10.1 Å². The highest BCUT2D eigenvalue weighted by molar-refractivity contribution is 7.89. The van der Waals surface area contributed by atoms with Crippen LogP contribution in [0.15, 0.2) is 53.4 Å². The molecule has 0 aliphatic heterocycles. The van der Waals surface area contributed by atoms with Gasteiger partial charge in [-0.15, -0.1) is 0 Å². The van der Waals surface area contributed by atoms with Crippen molar-refractivity contribution in [1.29, 1.82) is 0 Å². The van der Waals surface area contributed by atoms with Crippen molar-refractivity contribution >= 4 is 21.6 Å². The van der Waals surface area contributed by atoms with Crippen molar-refractivity contribution < 1.29 is 17.9 Å². The van der Waals surface area contributed by atoms with Gasteiger partial charge in [0, 0.05) is 19.8 Å². The summed E-state index contributed by atoms with van der Waals surface area (Å²) in [5.74, 6) is 0.142. The first-order chi connectivity index (χ1) is 11.8. The van der Waals surface area contributed by atoms with Crippen molar-refractivity contribution in [2.24, 2.45) is 0 Å². The Kier molecular flexibility index (Phi) is 6.17. The Hall–Kier alpha value is -2.38. The molecule has 0 heterocycles. The molecule has 1 amide bonds. The number of aryl methyl sites for hydroxylation is 1. The lowest BCUT2D eigenvalue weighted by Gasteiger charge is -2.12. The molecule has 2 aromatic rings.